The first-order valence-electron chi connectivity index (χ1n) is 19.6. The van der Waals surface area contributed by atoms with Gasteiger partial charge in [0, 0.05) is 56.4 Å². The van der Waals surface area contributed by atoms with Gasteiger partial charge in [-0.3, -0.25) is 38.8 Å². The van der Waals surface area contributed by atoms with Gasteiger partial charge in [0.25, 0.3) is 5.91 Å². The highest BCUT2D eigenvalue weighted by molar-refractivity contribution is 6.07. The second-order valence-corrected chi connectivity index (χ2v) is 15.9. The molecule has 0 spiro atoms. The zero-order valence-corrected chi connectivity index (χ0v) is 34.8. The second-order valence-electron chi connectivity index (χ2n) is 15.9. The molecule has 1 aromatic carbocycles. The molecule has 0 aliphatic carbocycles. The summed E-state index contributed by atoms with van der Waals surface area (Å²) in [6.07, 6.45) is 4.74. The van der Waals surface area contributed by atoms with Crippen LogP contribution in [-0.4, -0.2) is 113 Å². The lowest BCUT2D eigenvalue weighted by Gasteiger charge is -2.35. The summed E-state index contributed by atoms with van der Waals surface area (Å²) in [5, 5.41) is 11.4. The molecule has 1 saturated heterocycles. The predicted octanol–water partition coefficient (Wildman–Crippen LogP) is 3.29. The molecule has 17 nitrogen and oxygen atoms in total. The number of nitrogens with zero attached hydrogens (tertiary/aromatic N) is 7. The Hall–Kier alpha value is -6.13. The number of carbonyl (C=O) groups is 6. The smallest absolute Gasteiger partial charge is 0.330 e. The molecule has 4 heterocycles. The SMILES string of the molecule is Cc1ccc(Nc2ncc3c(n2)N(C)C(=O)N(c2cc(C(=O)N[C@H](C(=O)N4CCC[C@@H]4C(=O)NCC(=O)N[C@@H](CC(C)C)C(=O)N(C)C)C(C)C)ccc2C)C3)cn1. The highest BCUT2D eigenvalue weighted by Crippen LogP contribution is 2.33. The van der Waals surface area contributed by atoms with Crippen molar-refractivity contribution in [3.05, 3.63) is 65.1 Å². The molecule has 2 aromatic heterocycles. The van der Waals surface area contributed by atoms with E-state index in [-0.39, 0.29) is 42.4 Å². The standard InChI is InChI=1S/C41H55N11O6/c1-23(2)17-30(38(56)49(7)8)46-33(53)21-43-37(55)31-11-10-16-51(31)39(57)34(24(3)4)47-36(54)27-14-12-25(5)32(18-27)52-22-28-19-44-40(48-35(28)50(9)41(52)58)45-29-15-13-26(6)42-20-29/h12-15,18-20,23-24,30-31,34H,10-11,16-17,21-22H2,1-9H3,(H,43,55)(H,46,53)(H,47,54)(H,44,45,48)/t30-,31+,34-/m0/s1. The van der Waals surface area contributed by atoms with E-state index in [9.17, 15) is 28.8 Å². The summed E-state index contributed by atoms with van der Waals surface area (Å²) >= 11 is 0. The number of likely N-dealkylation sites (tertiary alicyclic amines) is 1. The number of nitrogens with one attached hydrogen (secondary N) is 4. The molecule has 17 heteroatoms. The maximum atomic E-state index is 14.0. The number of likely N-dealkylation sites (N-methyl/N-ethyl adjacent to an activating group) is 1. The van der Waals surface area contributed by atoms with Crippen molar-refractivity contribution >= 4 is 58.7 Å². The number of anilines is 4. The van der Waals surface area contributed by atoms with Gasteiger partial charge in [-0.15, -0.1) is 0 Å². The first kappa shape index (κ1) is 43.0. The molecule has 5 rings (SSSR count). The molecule has 2 aliphatic heterocycles. The molecule has 7 amide bonds. The molecular formula is C41H55N11O6. The van der Waals surface area contributed by atoms with Crippen molar-refractivity contribution in [3.8, 4) is 0 Å². The lowest BCUT2D eigenvalue weighted by molar-refractivity contribution is -0.141. The molecule has 0 unspecified atom stereocenters. The highest BCUT2D eigenvalue weighted by atomic mass is 16.2. The Labute approximate surface area is 339 Å². The van der Waals surface area contributed by atoms with E-state index in [0.29, 0.717) is 54.5 Å². The van der Waals surface area contributed by atoms with E-state index < -0.39 is 41.8 Å². The normalized spacial score (nSPS) is 16.2. The molecular weight excluding hydrogens is 743 g/mol. The Morgan fingerprint density at radius 1 is 0.966 bits per heavy atom. The molecule has 2 aliphatic rings. The molecule has 3 aromatic rings. The monoisotopic (exact) mass is 797 g/mol. The van der Waals surface area contributed by atoms with Crippen LogP contribution in [0.1, 0.15) is 74.1 Å². The zero-order valence-electron chi connectivity index (χ0n) is 34.8. The number of hydrogen-bond donors (Lipinski definition) is 4. The Balaban J connectivity index is 1.25. The number of rotatable bonds is 14. The van der Waals surface area contributed by atoms with E-state index >= 15 is 0 Å². The summed E-state index contributed by atoms with van der Waals surface area (Å²) in [6, 6.07) is 5.86. The van der Waals surface area contributed by atoms with Gasteiger partial charge in [0.2, 0.25) is 29.6 Å². The first-order valence-corrected chi connectivity index (χ1v) is 19.6. The van der Waals surface area contributed by atoms with Gasteiger partial charge in [-0.05, 0) is 74.8 Å². The fraction of sp³-hybridized carbons (Fsp3) is 0.488. The third-order valence-electron chi connectivity index (χ3n) is 10.2. The van der Waals surface area contributed by atoms with Crippen LogP contribution in [0.3, 0.4) is 0 Å². The number of amides is 7. The van der Waals surface area contributed by atoms with E-state index in [1.807, 2.05) is 53.7 Å². The quantitative estimate of drug-likeness (QED) is 0.188. The minimum Gasteiger partial charge on any atom is -0.347 e. The van der Waals surface area contributed by atoms with Crippen molar-refractivity contribution in [2.75, 3.05) is 49.3 Å². The van der Waals surface area contributed by atoms with Crippen LogP contribution in [0.4, 0.5) is 27.9 Å². The fourth-order valence-electron chi connectivity index (χ4n) is 7.03. The minimum atomic E-state index is -0.965. The summed E-state index contributed by atoms with van der Waals surface area (Å²) < 4.78 is 0. The molecule has 0 bridgehead atoms. The summed E-state index contributed by atoms with van der Waals surface area (Å²) in [5.74, 6) is -1.58. The van der Waals surface area contributed by atoms with Crippen LogP contribution in [0.25, 0.3) is 0 Å². The number of benzene rings is 1. The molecule has 1 fully saturated rings. The van der Waals surface area contributed by atoms with Crippen molar-refractivity contribution in [1.29, 1.82) is 0 Å². The molecule has 4 N–H and O–H groups in total. The van der Waals surface area contributed by atoms with Crippen molar-refractivity contribution in [2.45, 2.75) is 85.5 Å². The average Bonchev–Trinajstić information content (AvgIpc) is 3.68. The van der Waals surface area contributed by atoms with Gasteiger partial charge >= 0.3 is 6.03 Å². The van der Waals surface area contributed by atoms with Crippen LogP contribution in [-0.2, 0) is 25.7 Å². The maximum absolute atomic E-state index is 14.0. The van der Waals surface area contributed by atoms with Crippen molar-refractivity contribution in [1.82, 2.24) is 40.7 Å². The van der Waals surface area contributed by atoms with Gasteiger partial charge in [0.1, 0.15) is 23.9 Å². The average molecular weight is 798 g/mol. The van der Waals surface area contributed by atoms with Crippen LogP contribution in [0.2, 0.25) is 0 Å². The van der Waals surface area contributed by atoms with E-state index in [4.69, 9.17) is 0 Å². The maximum Gasteiger partial charge on any atom is 0.330 e. The van der Waals surface area contributed by atoms with E-state index in [1.165, 1.54) is 14.7 Å². The van der Waals surface area contributed by atoms with E-state index in [0.717, 1.165) is 11.3 Å². The third-order valence-corrected chi connectivity index (χ3v) is 10.2. The molecule has 3 atom stereocenters. The summed E-state index contributed by atoms with van der Waals surface area (Å²) in [4.78, 5) is 99.6. The summed E-state index contributed by atoms with van der Waals surface area (Å²) in [7, 11) is 4.86. The number of carbonyl (C=O) groups excluding carboxylic acids is 6. The van der Waals surface area contributed by atoms with Gasteiger partial charge in [-0.2, -0.15) is 4.98 Å². The minimum absolute atomic E-state index is 0.153. The number of fused-ring (bicyclic) bond motifs is 1. The number of pyridine rings is 1. The second kappa shape index (κ2) is 18.4. The molecule has 0 radical (unpaired) electrons. The predicted molar refractivity (Wildman–Crippen MR) is 219 cm³/mol. The lowest BCUT2D eigenvalue weighted by Crippen LogP contribution is -2.56. The first-order chi connectivity index (χ1) is 27.4. The Morgan fingerprint density at radius 3 is 2.36 bits per heavy atom. The van der Waals surface area contributed by atoms with Gasteiger partial charge in [0.15, 0.2) is 0 Å². The zero-order chi connectivity index (χ0) is 42.4. The van der Waals surface area contributed by atoms with Gasteiger partial charge < -0.3 is 31.1 Å². The number of urea groups is 1. The van der Waals surface area contributed by atoms with E-state index in [2.05, 4.69) is 36.2 Å². The van der Waals surface area contributed by atoms with Crippen LogP contribution in [0, 0.1) is 25.7 Å². The topological polar surface area (TPSA) is 202 Å². The van der Waals surface area contributed by atoms with Crippen molar-refractivity contribution in [2.24, 2.45) is 11.8 Å². The Bertz CT molecular complexity index is 2040. The van der Waals surface area contributed by atoms with Crippen molar-refractivity contribution < 1.29 is 28.8 Å². The Morgan fingerprint density at radius 2 is 1.71 bits per heavy atom. The molecule has 310 valence electrons. The lowest BCUT2D eigenvalue weighted by atomic mass is 10.0. The fourth-order valence-corrected chi connectivity index (χ4v) is 7.03. The van der Waals surface area contributed by atoms with Gasteiger partial charge in [0.05, 0.1) is 25.0 Å². The van der Waals surface area contributed by atoms with Crippen LogP contribution >= 0.6 is 0 Å². The van der Waals surface area contributed by atoms with Gasteiger partial charge in [-0.25, -0.2) is 9.78 Å². The Kier molecular flexibility index (Phi) is 13.7. The van der Waals surface area contributed by atoms with Crippen LogP contribution in [0.5, 0.6) is 0 Å². The van der Waals surface area contributed by atoms with Crippen molar-refractivity contribution in [3.63, 3.8) is 0 Å². The van der Waals surface area contributed by atoms with Gasteiger partial charge in [-0.1, -0.05) is 33.8 Å². The third kappa shape index (κ3) is 10.0. The summed E-state index contributed by atoms with van der Waals surface area (Å²) in [6.45, 7) is 11.4. The summed E-state index contributed by atoms with van der Waals surface area (Å²) in [5.41, 5.74) is 3.79. The van der Waals surface area contributed by atoms with Crippen LogP contribution < -0.4 is 31.1 Å². The largest absolute Gasteiger partial charge is 0.347 e. The molecule has 0 saturated carbocycles. The highest BCUT2D eigenvalue weighted by Gasteiger charge is 2.39. The number of aryl methyl sites for hydroxylation is 2. The molecule has 58 heavy (non-hydrogen) atoms. The number of aromatic nitrogens is 3. The number of hydrogen-bond acceptors (Lipinski definition) is 10. The van der Waals surface area contributed by atoms with E-state index in [1.54, 1.807) is 56.6 Å². The van der Waals surface area contributed by atoms with Crippen LogP contribution in [0.15, 0.2) is 42.7 Å².